The maximum atomic E-state index is 6.12. The molecule has 1 N–H and O–H groups in total. The van der Waals surface area contributed by atoms with Crippen molar-refractivity contribution in [2.45, 2.75) is 31.1 Å². The molecule has 1 spiro atoms. The topological polar surface area (TPSA) is 25.2 Å². The van der Waals surface area contributed by atoms with Crippen LogP contribution in [-0.4, -0.2) is 0 Å². The van der Waals surface area contributed by atoms with Crippen LogP contribution in [0.4, 0.5) is 11.4 Å². The Kier molecular flexibility index (Phi) is 4.36. The predicted octanol–water partition coefficient (Wildman–Crippen LogP) is 10.1. The summed E-state index contributed by atoms with van der Waals surface area (Å²) in [5, 5.41) is 6.05. The van der Waals surface area contributed by atoms with Crippen LogP contribution in [-0.2, 0) is 5.41 Å². The molecule has 2 bridgehead atoms. The number of nitrogens with one attached hydrogen (secondary N) is 1. The summed E-state index contributed by atoms with van der Waals surface area (Å²) in [4.78, 5) is 0. The van der Waals surface area contributed by atoms with Gasteiger partial charge in [0, 0.05) is 27.6 Å². The van der Waals surface area contributed by atoms with E-state index < -0.39 is 0 Å². The van der Waals surface area contributed by atoms with Crippen molar-refractivity contribution in [1.29, 1.82) is 0 Å². The molecule has 2 nitrogen and oxygen atoms in total. The highest BCUT2D eigenvalue weighted by molar-refractivity contribution is 6.05. The summed E-state index contributed by atoms with van der Waals surface area (Å²) in [5.41, 5.74) is 12.8. The van der Waals surface area contributed by atoms with Crippen LogP contribution in [0.15, 0.2) is 114 Å². The molecule has 0 aliphatic heterocycles. The highest BCUT2D eigenvalue weighted by Gasteiger charge is 2.56. The van der Waals surface area contributed by atoms with Crippen molar-refractivity contribution in [3.05, 3.63) is 120 Å². The van der Waals surface area contributed by atoms with Crippen LogP contribution in [0, 0.1) is 11.8 Å². The van der Waals surface area contributed by atoms with Gasteiger partial charge in [0.05, 0.1) is 0 Å². The largest absolute Gasteiger partial charge is 0.456 e. The van der Waals surface area contributed by atoms with Gasteiger partial charge in [-0.15, -0.1) is 0 Å². The molecule has 5 aromatic carbocycles. The first-order chi connectivity index (χ1) is 19.3. The first kappa shape index (κ1) is 21.6. The molecule has 9 rings (SSSR count). The van der Waals surface area contributed by atoms with Gasteiger partial charge in [-0.2, -0.15) is 0 Å². The van der Waals surface area contributed by atoms with E-state index in [1.807, 2.05) is 12.1 Å². The van der Waals surface area contributed by atoms with E-state index in [4.69, 9.17) is 4.42 Å². The number of anilines is 2. The standard InChI is InChI=1S/C37H29NO/c1-3-7-33-29(5-1)30-18-16-28(21-34(30)37(33)22-23-9-13-26(37)19-23)38-27-14-10-24(11-15-27)25-12-17-32-31-6-2-4-8-35(31)39-36(32)20-25/h1-8,10-12,14-18,20-21,23,26,38H,9,13,19,22H2/t23-,26+,37?/m1/s1. The van der Waals surface area contributed by atoms with Crippen molar-refractivity contribution in [3.8, 4) is 22.3 Å². The van der Waals surface area contributed by atoms with Gasteiger partial charge in [0.15, 0.2) is 0 Å². The van der Waals surface area contributed by atoms with E-state index in [2.05, 4.69) is 102 Å². The fourth-order valence-electron chi connectivity index (χ4n) is 8.29. The fraction of sp³-hybridized carbons (Fsp3) is 0.189. The zero-order valence-corrected chi connectivity index (χ0v) is 21.8. The average Bonchev–Trinajstić information content (AvgIpc) is 3.75. The molecule has 2 saturated carbocycles. The molecule has 6 aromatic rings. The second kappa shape index (κ2) is 7.86. The lowest BCUT2D eigenvalue weighted by Gasteiger charge is -2.36. The molecule has 3 aliphatic rings. The normalized spacial score (nSPS) is 22.6. The second-order valence-electron chi connectivity index (χ2n) is 11.9. The van der Waals surface area contributed by atoms with Gasteiger partial charge in [0.2, 0.25) is 0 Å². The SMILES string of the molecule is c1ccc2c(c1)-c1ccc(Nc3ccc(-c4ccc5c(c4)oc4ccccc45)cc3)cc1C21C[C@@H]2CC[C@H]1C2. The summed E-state index contributed by atoms with van der Waals surface area (Å²) in [6.07, 6.45) is 5.50. The Hall–Kier alpha value is -4.30. The maximum absolute atomic E-state index is 6.12. The summed E-state index contributed by atoms with van der Waals surface area (Å²) in [6.45, 7) is 0. The van der Waals surface area contributed by atoms with E-state index in [1.54, 1.807) is 11.1 Å². The minimum Gasteiger partial charge on any atom is -0.456 e. The third-order valence-electron chi connectivity index (χ3n) is 9.93. The molecular weight excluding hydrogens is 474 g/mol. The van der Waals surface area contributed by atoms with E-state index in [-0.39, 0.29) is 5.41 Å². The molecule has 2 fully saturated rings. The van der Waals surface area contributed by atoms with Crippen LogP contribution in [0.5, 0.6) is 0 Å². The van der Waals surface area contributed by atoms with Crippen LogP contribution in [0.1, 0.15) is 36.8 Å². The number of para-hydroxylation sites is 1. The van der Waals surface area contributed by atoms with Gasteiger partial charge >= 0.3 is 0 Å². The molecule has 0 saturated heterocycles. The molecule has 1 unspecified atom stereocenters. The van der Waals surface area contributed by atoms with Gasteiger partial charge in [-0.05, 0) is 107 Å². The summed E-state index contributed by atoms with van der Waals surface area (Å²) in [6, 6.07) is 39.8. The maximum Gasteiger partial charge on any atom is 0.136 e. The van der Waals surface area contributed by atoms with Crippen LogP contribution in [0.3, 0.4) is 0 Å². The molecule has 39 heavy (non-hydrogen) atoms. The number of furan rings is 1. The third-order valence-corrected chi connectivity index (χ3v) is 9.93. The highest BCUT2D eigenvalue weighted by Crippen LogP contribution is 2.65. The lowest BCUT2D eigenvalue weighted by atomic mass is 9.67. The van der Waals surface area contributed by atoms with Gasteiger partial charge in [0.25, 0.3) is 0 Å². The van der Waals surface area contributed by atoms with Crippen LogP contribution in [0.25, 0.3) is 44.2 Å². The van der Waals surface area contributed by atoms with Gasteiger partial charge in [-0.25, -0.2) is 0 Å². The number of benzene rings is 5. The molecular formula is C37H29NO. The lowest BCUT2D eigenvalue weighted by Crippen LogP contribution is -2.31. The van der Waals surface area contributed by atoms with E-state index in [1.165, 1.54) is 64.4 Å². The van der Waals surface area contributed by atoms with Crippen LogP contribution >= 0.6 is 0 Å². The Bertz CT molecular complexity index is 1910. The summed E-state index contributed by atoms with van der Waals surface area (Å²) in [5.74, 6) is 1.67. The van der Waals surface area contributed by atoms with Crippen molar-refractivity contribution in [3.63, 3.8) is 0 Å². The second-order valence-corrected chi connectivity index (χ2v) is 11.9. The Morgan fingerprint density at radius 2 is 1.38 bits per heavy atom. The monoisotopic (exact) mass is 503 g/mol. The summed E-state index contributed by atoms with van der Waals surface area (Å²) < 4.78 is 6.12. The smallest absolute Gasteiger partial charge is 0.136 e. The van der Waals surface area contributed by atoms with Crippen molar-refractivity contribution in [2.24, 2.45) is 11.8 Å². The zero-order chi connectivity index (χ0) is 25.6. The molecule has 1 heterocycles. The van der Waals surface area contributed by atoms with Crippen LogP contribution in [0.2, 0.25) is 0 Å². The summed E-state index contributed by atoms with van der Waals surface area (Å²) in [7, 11) is 0. The number of rotatable bonds is 3. The molecule has 1 aromatic heterocycles. The minimum absolute atomic E-state index is 0.214. The summed E-state index contributed by atoms with van der Waals surface area (Å²) >= 11 is 0. The van der Waals surface area contributed by atoms with Crippen LogP contribution < -0.4 is 5.32 Å². The minimum atomic E-state index is 0.214. The zero-order valence-electron chi connectivity index (χ0n) is 21.8. The van der Waals surface area contributed by atoms with Crippen molar-refractivity contribution < 1.29 is 4.42 Å². The number of hydrogen-bond donors (Lipinski definition) is 1. The molecule has 0 amide bonds. The Balaban J connectivity index is 1.04. The Morgan fingerprint density at radius 1 is 0.615 bits per heavy atom. The first-order valence-corrected chi connectivity index (χ1v) is 14.3. The Morgan fingerprint density at radius 3 is 2.26 bits per heavy atom. The van der Waals surface area contributed by atoms with Gasteiger partial charge < -0.3 is 9.73 Å². The van der Waals surface area contributed by atoms with Crippen molar-refractivity contribution in [1.82, 2.24) is 0 Å². The first-order valence-electron chi connectivity index (χ1n) is 14.3. The quantitative estimate of drug-likeness (QED) is 0.260. The van der Waals surface area contributed by atoms with Gasteiger partial charge in [0.1, 0.15) is 11.2 Å². The van der Waals surface area contributed by atoms with Gasteiger partial charge in [-0.1, -0.05) is 73.2 Å². The van der Waals surface area contributed by atoms with Crippen molar-refractivity contribution >= 4 is 33.3 Å². The lowest BCUT2D eigenvalue weighted by molar-refractivity contribution is 0.327. The number of fused-ring (bicyclic) bond motifs is 11. The molecule has 3 aliphatic carbocycles. The number of hydrogen-bond acceptors (Lipinski definition) is 2. The molecule has 3 atom stereocenters. The van der Waals surface area contributed by atoms with E-state index in [0.717, 1.165) is 28.7 Å². The predicted molar refractivity (Wildman–Crippen MR) is 161 cm³/mol. The molecule has 188 valence electrons. The van der Waals surface area contributed by atoms with Gasteiger partial charge in [-0.3, -0.25) is 0 Å². The molecule has 0 radical (unpaired) electrons. The van der Waals surface area contributed by atoms with Crippen molar-refractivity contribution in [2.75, 3.05) is 5.32 Å². The average molecular weight is 504 g/mol. The Labute approximate surface area is 228 Å². The molecule has 2 heteroatoms. The highest BCUT2D eigenvalue weighted by atomic mass is 16.3. The third kappa shape index (κ3) is 3.03. The van der Waals surface area contributed by atoms with E-state index in [0.29, 0.717) is 0 Å². The van der Waals surface area contributed by atoms with E-state index >= 15 is 0 Å². The van der Waals surface area contributed by atoms with E-state index in [9.17, 15) is 0 Å². The fourth-order valence-corrected chi connectivity index (χ4v) is 8.29.